The molecule has 0 aromatic heterocycles. The van der Waals surface area contributed by atoms with Crippen LogP contribution in [0.1, 0.15) is 10.4 Å². The Kier molecular flexibility index (Phi) is 5.95. The molecule has 3 aromatic rings. The first-order valence-corrected chi connectivity index (χ1v) is 10.5. The Morgan fingerprint density at radius 1 is 0.931 bits per heavy atom. The van der Waals surface area contributed by atoms with E-state index >= 15 is 0 Å². The van der Waals surface area contributed by atoms with Crippen molar-refractivity contribution in [2.24, 2.45) is 0 Å². The van der Waals surface area contributed by atoms with Gasteiger partial charge in [-0.2, -0.15) is 0 Å². The normalized spacial score (nSPS) is 10.9. The molecule has 2 N–H and O–H groups in total. The highest BCUT2D eigenvalue weighted by molar-refractivity contribution is 9.10. The van der Waals surface area contributed by atoms with Crippen molar-refractivity contribution in [3.05, 3.63) is 92.9 Å². The van der Waals surface area contributed by atoms with E-state index in [0.29, 0.717) is 11.3 Å². The molecule has 0 aliphatic carbocycles. The first-order valence-electron chi connectivity index (χ1n) is 8.19. The van der Waals surface area contributed by atoms with Crippen molar-refractivity contribution in [3.63, 3.8) is 0 Å². The van der Waals surface area contributed by atoms with Crippen LogP contribution in [0.15, 0.2) is 82.2 Å². The fourth-order valence-corrected chi connectivity index (χ4v) is 3.93. The summed E-state index contributed by atoms with van der Waals surface area (Å²) in [6.07, 6.45) is 0. The van der Waals surface area contributed by atoms with Crippen LogP contribution < -0.4 is 10.0 Å². The minimum Gasteiger partial charge on any atom is -0.322 e. The molecule has 8 nitrogen and oxygen atoms in total. The van der Waals surface area contributed by atoms with E-state index in [4.69, 9.17) is 0 Å². The standard InChI is InChI=1S/C19H14BrN3O5S/c20-14-3-1-4-16(11-14)21-19(24)13-7-9-15(10-8-13)22-29(27,28)18-6-2-5-17(12-18)23(25)26/h1-12,22H,(H,21,24). The number of sulfonamides is 1. The van der Waals surface area contributed by atoms with E-state index in [2.05, 4.69) is 26.0 Å². The quantitative estimate of drug-likeness (QED) is 0.404. The first-order chi connectivity index (χ1) is 13.7. The summed E-state index contributed by atoms with van der Waals surface area (Å²) in [5.74, 6) is -0.351. The third kappa shape index (κ3) is 5.18. The number of nitrogens with zero attached hydrogens (tertiary/aromatic N) is 1. The number of halogens is 1. The van der Waals surface area contributed by atoms with Crippen LogP contribution in [0.5, 0.6) is 0 Å². The van der Waals surface area contributed by atoms with Gasteiger partial charge in [0.05, 0.1) is 9.82 Å². The number of rotatable bonds is 6. The number of nitro benzene ring substituents is 1. The summed E-state index contributed by atoms with van der Waals surface area (Å²) in [4.78, 5) is 22.3. The minimum atomic E-state index is -4.02. The zero-order valence-corrected chi connectivity index (χ0v) is 17.1. The molecule has 148 valence electrons. The van der Waals surface area contributed by atoms with Gasteiger partial charge in [-0.1, -0.05) is 28.1 Å². The van der Waals surface area contributed by atoms with E-state index in [1.165, 1.54) is 42.5 Å². The first kappa shape index (κ1) is 20.5. The molecule has 0 heterocycles. The lowest BCUT2D eigenvalue weighted by molar-refractivity contribution is -0.385. The van der Waals surface area contributed by atoms with E-state index in [1.807, 2.05) is 6.07 Å². The molecule has 0 saturated carbocycles. The second-order valence-corrected chi connectivity index (χ2v) is 8.50. The molecule has 0 atom stereocenters. The maximum atomic E-state index is 12.5. The second-order valence-electron chi connectivity index (χ2n) is 5.90. The Bertz CT molecular complexity index is 1180. The number of amides is 1. The monoisotopic (exact) mass is 475 g/mol. The molecule has 1 amide bonds. The third-order valence-corrected chi connectivity index (χ3v) is 5.69. The summed E-state index contributed by atoms with van der Waals surface area (Å²) in [5, 5.41) is 13.6. The summed E-state index contributed by atoms with van der Waals surface area (Å²) < 4.78 is 28.1. The average molecular weight is 476 g/mol. The predicted octanol–water partition coefficient (Wildman–Crippen LogP) is 4.41. The van der Waals surface area contributed by atoms with Gasteiger partial charge in [0.15, 0.2) is 0 Å². The van der Waals surface area contributed by atoms with Gasteiger partial charge in [0, 0.05) is 33.5 Å². The largest absolute Gasteiger partial charge is 0.322 e. The van der Waals surface area contributed by atoms with Gasteiger partial charge < -0.3 is 5.32 Å². The summed E-state index contributed by atoms with van der Waals surface area (Å²) in [6, 6.07) is 17.6. The highest BCUT2D eigenvalue weighted by Gasteiger charge is 2.18. The van der Waals surface area contributed by atoms with Crippen LogP contribution >= 0.6 is 15.9 Å². The molecule has 0 aliphatic rings. The van der Waals surface area contributed by atoms with Gasteiger partial charge in [-0.3, -0.25) is 19.6 Å². The Morgan fingerprint density at radius 2 is 1.62 bits per heavy atom. The van der Waals surface area contributed by atoms with Crippen molar-refractivity contribution in [3.8, 4) is 0 Å². The van der Waals surface area contributed by atoms with Crippen LogP contribution in [0.2, 0.25) is 0 Å². The molecule has 0 aliphatic heterocycles. The zero-order chi connectivity index (χ0) is 21.0. The fraction of sp³-hybridized carbons (Fsp3) is 0. The average Bonchev–Trinajstić information content (AvgIpc) is 2.68. The number of nitrogens with one attached hydrogen (secondary N) is 2. The number of hydrogen-bond acceptors (Lipinski definition) is 5. The van der Waals surface area contributed by atoms with Crippen LogP contribution in [0.4, 0.5) is 17.1 Å². The van der Waals surface area contributed by atoms with Gasteiger partial charge >= 0.3 is 0 Å². The Labute approximate surface area is 174 Å². The van der Waals surface area contributed by atoms with Crippen LogP contribution in [0.3, 0.4) is 0 Å². The summed E-state index contributed by atoms with van der Waals surface area (Å²) >= 11 is 3.32. The number of benzene rings is 3. The Morgan fingerprint density at radius 3 is 2.28 bits per heavy atom. The SMILES string of the molecule is O=C(Nc1cccc(Br)c1)c1ccc(NS(=O)(=O)c2cccc([N+](=O)[O-])c2)cc1. The molecule has 0 spiro atoms. The van der Waals surface area contributed by atoms with Crippen LogP contribution in [0.25, 0.3) is 0 Å². The number of hydrogen-bond donors (Lipinski definition) is 2. The topological polar surface area (TPSA) is 118 Å². The molecule has 10 heteroatoms. The fourth-order valence-electron chi connectivity index (χ4n) is 2.44. The number of non-ortho nitro benzene ring substituents is 1. The highest BCUT2D eigenvalue weighted by Crippen LogP contribution is 2.21. The molecule has 0 radical (unpaired) electrons. The van der Waals surface area contributed by atoms with Crippen LogP contribution in [-0.4, -0.2) is 19.2 Å². The van der Waals surface area contributed by atoms with Crippen molar-refractivity contribution in [1.82, 2.24) is 0 Å². The van der Waals surface area contributed by atoms with Crippen molar-refractivity contribution < 1.29 is 18.1 Å². The van der Waals surface area contributed by atoms with Gasteiger partial charge in [0.25, 0.3) is 21.6 Å². The van der Waals surface area contributed by atoms with Gasteiger partial charge in [-0.25, -0.2) is 8.42 Å². The second kappa shape index (κ2) is 8.41. The maximum absolute atomic E-state index is 12.5. The van der Waals surface area contributed by atoms with Crippen molar-refractivity contribution >= 4 is 48.9 Å². The molecule has 3 aromatic carbocycles. The molecule has 0 unspecified atom stereocenters. The number of carbonyl (C=O) groups is 1. The number of carbonyl (C=O) groups excluding carboxylic acids is 1. The molecule has 3 rings (SSSR count). The van der Waals surface area contributed by atoms with Crippen molar-refractivity contribution in [2.45, 2.75) is 4.90 Å². The molecular weight excluding hydrogens is 462 g/mol. The minimum absolute atomic E-state index is 0.218. The van der Waals surface area contributed by atoms with E-state index in [1.54, 1.807) is 18.2 Å². The van der Waals surface area contributed by atoms with Gasteiger partial charge in [0.1, 0.15) is 0 Å². The number of anilines is 2. The maximum Gasteiger partial charge on any atom is 0.270 e. The van der Waals surface area contributed by atoms with Gasteiger partial charge in [-0.05, 0) is 48.5 Å². The smallest absolute Gasteiger partial charge is 0.270 e. The van der Waals surface area contributed by atoms with E-state index in [-0.39, 0.29) is 22.2 Å². The lowest BCUT2D eigenvalue weighted by atomic mass is 10.2. The van der Waals surface area contributed by atoms with Crippen LogP contribution in [-0.2, 0) is 10.0 Å². The Balaban J connectivity index is 1.73. The lowest BCUT2D eigenvalue weighted by Gasteiger charge is -2.09. The molecular formula is C19H14BrN3O5S. The van der Waals surface area contributed by atoms with Crippen LogP contribution in [0, 0.1) is 10.1 Å². The molecule has 0 bridgehead atoms. The van der Waals surface area contributed by atoms with Crippen molar-refractivity contribution in [1.29, 1.82) is 0 Å². The van der Waals surface area contributed by atoms with Gasteiger partial charge in [-0.15, -0.1) is 0 Å². The zero-order valence-electron chi connectivity index (χ0n) is 14.7. The lowest BCUT2D eigenvalue weighted by Crippen LogP contribution is -2.14. The Hall–Kier alpha value is -3.24. The van der Waals surface area contributed by atoms with E-state index in [9.17, 15) is 23.3 Å². The predicted molar refractivity (Wildman–Crippen MR) is 112 cm³/mol. The van der Waals surface area contributed by atoms with Crippen molar-refractivity contribution in [2.75, 3.05) is 10.0 Å². The molecule has 29 heavy (non-hydrogen) atoms. The summed E-state index contributed by atoms with van der Waals surface area (Å²) in [6.45, 7) is 0. The number of nitro groups is 1. The third-order valence-electron chi connectivity index (χ3n) is 3.82. The molecule has 0 fully saturated rings. The highest BCUT2D eigenvalue weighted by atomic mass is 79.9. The molecule has 0 saturated heterocycles. The van der Waals surface area contributed by atoms with E-state index < -0.39 is 14.9 Å². The summed E-state index contributed by atoms with van der Waals surface area (Å²) in [7, 11) is -4.02. The van der Waals surface area contributed by atoms with E-state index in [0.717, 1.165) is 10.5 Å². The van der Waals surface area contributed by atoms with Gasteiger partial charge in [0.2, 0.25) is 0 Å². The summed E-state index contributed by atoms with van der Waals surface area (Å²) in [5.41, 5.74) is 0.839.